The zero-order valence-electron chi connectivity index (χ0n) is 13.6. The van der Waals surface area contributed by atoms with E-state index < -0.39 is 18.0 Å². The van der Waals surface area contributed by atoms with Crippen molar-refractivity contribution in [1.29, 1.82) is 0 Å². The first kappa shape index (κ1) is 18.1. The highest BCUT2D eigenvalue weighted by atomic mass is 16.3. The van der Waals surface area contributed by atoms with E-state index in [4.69, 9.17) is 0 Å². The smallest absolute Gasteiger partial charge is 0.186 e. The van der Waals surface area contributed by atoms with E-state index in [0.29, 0.717) is 18.4 Å². The average Bonchev–Trinajstić information content (AvgIpc) is 2.51. The molecule has 24 heavy (non-hydrogen) atoms. The number of aliphatic hydroxyl groups excluding tert-OH is 2. The monoisotopic (exact) mass is 330 g/mol. The zero-order valence-corrected chi connectivity index (χ0v) is 13.6. The third-order valence-electron chi connectivity index (χ3n) is 3.96. The van der Waals surface area contributed by atoms with E-state index in [1.165, 1.54) is 6.08 Å². The van der Waals surface area contributed by atoms with Crippen LogP contribution in [-0.2, 0) is 4.79 Å². The summed E-state index contributed by atoms with van der Waals surface area (Å²) in [5, 5.41) is 29.8. The molecule has 0 saturated heterocycles. The number of carbonyl (C=O) groups excluding carboxylic acids is 2. The lowest BCUT2D eigenvalue weighted by Gasteiger charge is -2.14. The Kier molecular flexibility index (Phi) is 6.06. The van der Waals surface area contributed by atoms with Gasteiger partial charge in [0.05, 0.1) is 11.7 Å². The molecule has 3 N–H and O–H groups in total. The highest BCUT2D eigenvalue weighted by molar-refractivity contribution is 6.02. The maximum absolute atomic E-state index is 12.4. The maximum Gasteiger partial charge on any atom is 0.186 e. The Hall–Kier alpha value is -2.24. The summed E-state index contributed by atoms with van der Waals surface area (Å²) in [5.74, 6) is -0.768. The summed E-state index contributed by atoms with van der Waals surface area (Å²) < 4.78 is 0. The molecule has 2 rings (SSSR count). The Labute approximate surface area is 140 Å². The minimum atomic E-state index is -1.47. The first-order valence-corrected chi connectivity index (χ1v) is 8.00. The summed E-state index contributed by atoms with van der Waals surface area (Å²) in [6.07, 6.45) is 4.68. The van der Waals surface area contributed by atoms with Crippen molar-refractivity contribution < 1.29 is 24.9 Å². The SMILES string of the molecule is Cc1cc(O)c2c(c1)C=CC[C@H](O)[C@H](O)C(=O)/C=C/CCCC2=O. The van der Waals surface area contributed by atoms with Crippen LogP contribution in [0.25, 0.3) is 6.08 Å². The number of hydrogen-bond acceptors (Lipinski definition) is 5. The molecule has 1 aromatic rings. The van der Waals surface area contributed by atoms with Crippen LogP contribution in [-0.4, -0.2) is 39.1 Å². The number of phenols is 1. The average molecular weight is 330 g/mol. The Morgan fingerprint density at radius 2 is 1.83 bits per heavy atom. The van der Waals surface area contributed by atoms with Gasteiger partial charge in [-0.05, 0) is 49.5 Å². The third-order valence-corrected chi connectivity index (χ3v) is 3.96. The van der Waals surface area contributed by atoms with Crippen molar-refractivity contribution in [2.24, 2.45) is 0 Å². The van der Waals surface area contributed by atoms with Gasteiger partial charge in [0.1, 0.15) is 11.9 Å². The first-order valence-electron chi connectivity index (χ1n) is 8.00. The molecular formula is C19H22O5. The second kappa shape index (κ2) is 8.04. The molecule has 0 bridgehead atoms. The van der Waals surface area contributed by atoms with Gasteiger partial charge in [-0.15, -0.1) is 0 Å². The largest absolute Gasteiger partial charge is 0.507 e. The highest BCUT2D eigenvalue weighted by Gasteiger charge is 2.21. The number of Topliss-reactive ketones (excluding diaryl/α,β-unsaturated/α-hetero) is 1. The van der Waals surface area contributed by atoms with Crippen molar-refractivity contribution >= 4 is 17.6 Å². The van der Waals surface area contributed by atoms with Crippen LogP contribution in [0.4, 0.5) is 0 Å². The molecule has 0 radical (unpaired) electrons. The molecule has 0 spiro atoms. The highest BCUT2D eigenvalue weighted by Crippen LogP contribution is 2.27. The van der Waals surface area contributed by atoms with Crippen molar-refractivity contribution in [2.75, 3.05) is 0 Å². The number of phenolic OH excluding ortho intramolecular Hbond substituents is 1. The lowest BCUT2D eigenvalue weighted by Crippen LogP contribution is -2.32. The number of benzene rings is 1. The Morgan fingerprint density at radius 1 is 1.08 bits per heavy atom. The number of rotatable bonds is 0. The summed E-state index contributed by atoms with van der Waals surface area (Å²) in [5.41, 5.74) is 1.64. The predicted molar refractivity (Wildman–Crippen MR) is 90.8 cm³/mol. The van der Waals surface area contributed by atoms with Crippen molar-refractivity contribution in [2.45, 2.75) is 44.8 Å². The molecule has 0 heterocycles. The molecule has 2 atom stereocenters. The Balaban J connectivity index is 2.38. The molecule has 0 aliphatic heterocycles. The maximum atomic E-state index is 12.4. The summed E-state index contributed by atoms with van der Waals surface area (Å²) >= 11 is 0. The van der Waals surface area contributed by atoms with Gasteiger partial charge < -0.3 is 15.3 Å². The Morgan fingerprint density at radius 3 is 2.58 bits per heavy atom. The van der Waals surface area contributed by atoms with Gasteiger partial charge in [-0.2, -0.15) is 0 Å². The van der Waals surface area contributed by atoms with Gasteiger partial charge in [0.2, 0.25) is 0 Å². The van der Waals surface area contributed by atoms with Crippen LogP contribution in [0, 0.1) is 6.92 Å². The normalized spacial score (nSPS) is 24.3. The fourth-order valence-corrected chi connectivity index (χ4v) is 2.69. The van der Waals surface area contributed by atoms with Gasteiger partial charge >= 0.3 is 0 Å². The fraction of sp³-hybridized carbons (Fsp3) is 0.368. The minimum Gasteiger partial charge on any atom is -0.507 e. The molecule has 0 aromatic heterocycles. The van der Waals surface area contributed by atoms with Crippen LogP contribution >= 0.6 is 0 Å². The predicted octanol–water partition coefficient (Wildman–Crippen LogP) is 2.32. The van der Waals surface area contributed by atoms with E-state index in [-0.39, 0.29) is 29.9 Å². The molecule has 0 saturated carbocycles. The molecule has 1 aliphatic rings. The van der Waals surface area contributed by atoms with Crippen LogP contribution in [0.5, 0.6) is 5.75 Å². The van der Waals surface area contributed by atoms with Gasteiger partial charge in [-0.1, -0.05) is 24.3 Å². The second-order valence-corrected chi connectivity index (χ2v) is 6.02. The van der Waals surface area contributed by atoms with Crippen molar-refractivity contribution in [3.8, 4) is 5.75 Å². The first-order chi connectivity index (χ1) is 11.4. The zero-order chi connectivity index (χ0) is 17.7. The van der Waals surface area contributed by atoms with Crippen molar-refractivity contribution in [1.82, 2.24) is 0 Å². The number of aromatic hydroxyl groups is 1. The number of aliphatic hydroxyl groups is 2. The summed E-state index contributed by atoms with van der Waals surface area (Å²) in [7, 11) is 0. The van der Waals surface area contributed by atoms with Crippen LogP contribution in [0.1, 0.15) is 47.2 Å². The molecule has 1 aromatic carbocycles. The van der Waals surface area contributed by atoms with E-state index in [0.717, 1.165) is 5.56 Å². The summed E-state index contributed by atoms with van der Waals surface area (Å²) in [6, 6.07) is 3.33. The minimum absolute atomic E-state index is 0.0574. The molecular weight excluding hydrogens is 308 g/mol. The van der Waals surface area contributed by atoms with Crippen LogP contribution in [0.2, 0.25) is 0 Å². The quantitative estimate of drug-likeness (QED) is 0.678. The topological polar surface area (TPSA) is 94.8 Å². The van der Waals surface area contributed by atoms with Gasteiger partial charge in [0.25, 0.3) is 0 Å². The van der Waals surface area contributed by atoms with E-state index in [9.17, 15) is 24.9 Å². The molecule has 0 amide bonds. The number of hydrogen-bond donors (Lipinski definition) is 3. The van der Waals surface area contributed by atoms with E-state index >= 15 is 0 Å². The van der Waals surface area contributed by atoms with Gasteiger partial charge in [0.15, 0.2) is 11.6 Å². The standard InChI is InChI=1S/C19H22O5/c1-12-10-13-6-5-9-16(22)19(24)15(21)8-4-2-3-7-14(20)18(13)17(23)11-12/h4-6,8,10-11,16,19,22-24H,2-3,7,9H2,1H3/b6-5?,8-4+/t16-,19+/m0/s1. The summed E-state index contributed by atoms with van der Waals surface area (Å²) in [4.78, 5) is 24.1. The number of aryl methyl sites for hydroxylation is 1. The van der Waals surface area contributed by atoms with Gasteiger partial charge in [-0.3, -0.25) is 9.59 Å². The van der Waals surface area contributed by atoms with Crippen LogP contribution in [0.3, 0.4) is 0 Å². The van der Waals surface area contributed by atoms with E-state index in [2.05, 4.69) is 0 Å². The second-order valence-electron chi connectivity index (χ2n) is 6.02. The number of allylic oxidation sites excluding steroid dienone is 1. The van der Waals surface area contributed by atoms with Crippen LogP contribution in [0.15, 0.2) is 30.4 Å². The number of carbonyl (C=O) groups is 2. The Bertz CT molecular complexity index is 687. The van der Waals surface area contributed by atoms with E-state index in [1.807, 2.05) is 6.92 Å². The molecule has 0 unspecified atom stereocenters. The van der Waals surface area contributed by atoms with Gasteiger partial charge in [-0.25, -0.2) is 0 Å². The lowest BCUT2D eigenvalue weighted by molar-refractivity contribution is -0.127. The number of fused-ring (bicyclic) bond motifs is 1. The number of ketones is 2. The lowest BCUT2D eigenvalue weighted by atomic mass is 9.95. The summed E-state index contributed by atoms with van der Waals surface area (Å²) in [6.45, 7) is 1.81. The molecule has 0 fully saturated rings. The molecule has 1 aliphatic carbocycles. The van der Waals surface area contributed by atoms with Crippen LogP contribution < -0.4 is 0 Å². The molecule has 128 valence electrons. The van der Waals surface area contributed by atoms with Crippen molar-refractivity contribution in [3.63, 3.8) is 0 Å². The molecule has 5 heteroatoms. The molecule has 5 nitrogen and oxygen atoms in total. The third kappa shape index (κ3) is 4.40. The van der Waals surface area contributed by atoms with Gasteiger partial charge in [0, 0.05) is 6.42 Å². The fourth-order valence-electron chi connectivity index (χ4n) is 2.69. The van der Waals surface area contributed by atoms with Crippen molar-refractivity contribution in [3.05, 3.63) is 47.1 Å². The van der Waals surface area contributed by atoms with E-state index in [1.54, 1.807) is 30.4 Å².